The number of methoxy groups -OCH3 is 1. The molecule has 9 nitrogen and oxygen atoms in total. The molecule has 3 unspecified atom stereocenters. The highest BCUT2D eigenvalue weighted by Gasteiger charge is 2.65. The molecule has 0 fully saturated rings. The summed E-state index contributed by atoms with van der Waals surface area (Å²) < 4.78 is 11.6. The molecule has 48 heavy (non-hydrogen) atoms. The van der Waals surface area contributed by atoms with E-state index in [-0.39, 0.29) is 28.5 Å². The SMILES string of the molecule is CCCCCCCCCC(CCC(C)OC)OC(=O)C(C(=O)Nc1ccccc1)(C(=O)c1ccccc1)N1C(=O)c2ccccc2C1=O. The topological polar surface area (TPSA) is 119 Å². The molecule has 3 aromatic carbocycles. The second-order valence-corrected chi connectivity index (χ2v) is 12.3. The van der Waals surface area contributed by atoms with E-state index in [0.717, 1.165) is 32.1 Å². The molecule has 4 rings (SSSR count). The van der Waals surface area contributed by atoms with Crippen molar-refractivity contribution in [3.63, 3.8) is 0 Å². The Hall–Kier alpha value is -4.63. The molecule has 1 N–H and O–H groups in total. The van der Waals surface area contributed by atoms with Crippen LogP contribution in [-0.4, -0.2) is 59.2 Å². The number of carbonyl (C=O) groups is 5. The number of ketones is 1. The molecule has 0 bridgehead atoms. The van der Waals surface area contributed by atoms with Crippen molar-refractivity contribution in [3.05, 3.63) is 102 Å². The first kappa shape index (κ1) is 36.2. The van der Waals surface area contributed by atoms with Crippen LogP contribution in [0.1, 0.15) is 109 Å². The van der Waals surface area contributed by atoms with Crippen LogP contribution < -0.4 is 5.32 Å². The molecular formula is C39H46N2O7. The van der Waals surface area contributed by atoms with Crippen LogP contribution >= 0.6 is 0 Å². The van der Waals surface area contributed by atoms with Crippen LogP contribution in [0.3, 0.4) is 0 Å². The van der Waals surface area contributed by atoms with Crippen LogP contribution in [0.4, 0.5) is 5.69 Å². The molecule has 0 aliphatic carbocycles. The number of Topliss-reactive ketones (excluding diaryl/α,β-unsaturated/α-hetero) is 1. The average Bonchev–Trinajstić information content (AvgIpc) is 3.36. The number of rotatable bonds is 19. The third-order valence-corrected chi connectivity index (χ3v) is 8.85. The molecule has 3 atom stereocenters. The van der Waals surface area contributed by atoms with Gasteiger partial charge in [-0.3, -0.25) is 19.2 Å². The summed E-state index contributed by atoms with van der Waals surface area (Å²) in [6.07, 6.45) is 7.96. The number of ether oxygens (including phenoxy) is 2. The van der Waals surface area contributed by atoms with E-state index in [2.05, 4.69) is 12.2 Å². The van der Waals surface area contributed by atoms with E-state index in [9.17, 15) is 24.0 Å². The van der Waals surface area contributed by atoms with Crippen molar-refractivity contribution in [3.8, 4) is 0 Å². The molecule has 1 aliphatic heterocycles. The number of imide groups is 1. The zero-order chi connectivity index (χ0) is 34.5. The Labute approximate surface area is 283 Å². The van der Waals surface area contributed by atoms with Gasteiger partial charge in [0.15, 0.2) is 0 Å². The monoisotopic (exact) mass is 654 g/mol. The van der Waals surface area contributed by atoms with E-state index in [1.165, 1.54) is 37.1 Å². The zero-order valence-corrected chi connectivity index (χ0v) is 28.1. The maximum absolute atomic E-state index is 14.8. The van der Waals surface area contributed by atoms with Crippen molar-refractivity contribution >= 4 is 35.2 Å². The number of nitrogens with zero attached hydrogens (tertiary/aromatic N) is 1. The van der Waals surface area contributed by atoms with E-state index in [1.807, 2.05) is 6.92 Å². The number of fused-ring (bicyclic) bond motifs is 1. The molecule has 0 aromatic heterocycles. The van der Waals surface area contributed by atoms with Gasteiger partial charge in [-0.05, 0) is 56.9 Å². The fraction of sp³-hybridized carbons (Fsp3) is 0.410. The first-order valence-electron chi connectivity index (χ1n) is 16.9. The minimum Gasteiger partial charge on any atom is -0.460 e. The number of nitrogens with one attached hydrogen (secondary N) is 1. The van der Waals surface area contributed by atoms with Crippen molar-refractivity contribution in [1.29, 1.82) is 0 Å². The average molecular weight is 655 g/mol. The van der Waals surface area contributed by atoms with E-state index in [1.54, 1.807) is 67.8 Å². The summed E-state index contributed by atoms with van der Waals surface area (Å²) in [6, 6.07) is 22.0. The standard InChI is InChI=1S/C39H46N2O7/c1-4-5-6-7-8-9-16-23-31(27-26-28(2)47-3)48-38(46)39(34(42)29-19-12-10-13-20-29,37(45)40-30-21-14-11-15-22-30)41-35(43)32-24-17-18-25-33(32)36(41)44/h10-15,17-22,24-25,28,31H,4-9,16,23,26-27H2,1-3H3,(H,40,45). The van der Waals surface area contributed by atoms with Gasteiger partial charge in [-0.2, -0.15) is 0 Å². The number of benzene rings is 3. The minimum absolute atomic E-state index is 0.0124. The van der Waals surface area contributed by atoms with Gasteiger partial charge in [0.2, 0.25) is 5.78 Å². The Morgan fingerprint density at radius 1 is 0.729 bits per heavy atom. The summed E-state index contributed by atoms with van der Waals surface area (Å²) in [5.41, 5.74) is -2.80. The van der Waals surface area contributed by atoms with Gasteiger partial charge >= 0.3 is 5.97 Å². The molecule has 0 spiro atoms. The number of carbonyl (C=O) groups excluding carboxylic acids is 5. The van der Waals surface area contributed by atoms with E-state index < -0.39 is 41.1 Å². The number of para-hydroxylation sites is 1. The van der Waals surface area contributed by atoms with Gasteiger partial charge in [-0.15, -0.1) is 0 Å². The Morgan fingerprint density at radius 3 is 1.85 bits per heavy atom. The number of amides is 3. The zero-order valence-electron chi connectivity index (χ0n) is 28.1. The van der Waals surface area contributed by atoms with Gasteiger partial charge in [-0.1, -0.05) is 106 Å². The van der Waals surface area contributed by atoms with Crippen molar-refractivity contribution in [2.75, 3.05) is 12.4 Å². The van der Waals surface area contributed by atoms with Crippen LogP contribution in [0.25, 0.3) is 0 Å². The Morgan fingerprint density at radius 2 is 1.27 bits per heavy atom. The van der Waals surface area contributed by atoms with Crippen molar-refractivity contribution in [1.82, 2.24) is 4.90 Å². The maximum Gasteiger partial charge on any atom is 0.351 e. The largest absolute Gasteiger partial charge is 0.460 e. The highest BCUT2D eigenvalue weighted by molar-refractivity contribution is 6.39. The molecular weight excluding hydrogens is 608 g/mol. The van der Waals surface area contributed by atoms with Crippen LogP contribution in [0.5, 0.6) is 0 Å². The van der Waals surface area contributed by atoms with Crippen molar-refractivity contribution < 1.29 is 33.4 Å². The summed E-state index contributed by atoms with van der Waals surface area (Å²) in [7, 11) is 1.60. The van der Waals surface area contributed by atoms with Gasteiger partial charge in [-0.25, -0.2) is 9.69 Å². The first-order valence-corrected chi connectivity index (χ1v) is 16.9. The predicted octanol–water partition coefficient (Wildman–Crippen LogP) is 7.41. The Bertz CT molecular complexity index is 1520. The highest BCUT2D eigenvalue weighted by atomic mass is 16.5. The fourth-order valence-electron chi connectivity index (χ4n) is 5.98. The number of anilines is 1. The lowest BCUT2D eigenvalue weighted by molar-refractivity contribution is -0.161. The molecule has 0 saturated carbocycles. The van der Waals surface area contributed by atoms with E-state index >= 15 is 0 Å². The summed E-state index contributed by atoms with van der Waals surface area (Å²) in [5.74, 6) is -5.36. The van der Waals surface area contributed by atoms with Gasteiger partial charge < -0.3 is 14.8 Å². The number of hydrogen-bond acceptors (Lipinski definition) is 7. The first-order chi connectivity index (χ1) is 23.2. The molecule has 1 aliphatic rings. The lowest BCUT2D eigenvalue weighted by Gasteiger charge is -2.36. The smallest absolute Gasteiger partial charge is 0.351 e. The third kappa shape index (κ3) is 8.26. The lowest BCUT2D eigenvalue weighted by atomic mass is 9.85. The van der Waals surface area contributed by atoms with Crippen molar-refractivity contribution in [2.45, 2.75) is 95.8 Å². The van der Waals surface area contributed by atoms with Gasteiger partial charge in [0.1, 0.15) is 6.10 Å². The summed E-state index contributed by atoms with van der Waals surface area (Å²) >= 11 is 0. The van der Waals surface area contributed by atoms with Gasteiger partial charge in [0, 0.05) is 18.4 Å². The summed E-state index contributed by atoms with van der Waals surface area (Å²) in [6.45, 7) is 4.08. The Balaban J connectivity index is 1.78. The van der Waals surface area contributed by atoms with Crippen LogP contribution in [0.15, 0.2) is 84.9 Å². The second-order valence-electron chi connectivity index (χ2n) is 12.3. The van der Waals surface area contributed by atoms with Crippen LogP contribution in [0, 0.1) is 0 Å². The van der Waals surface area contributed by atoms with E-state index in [4.69, 9.17) is 9.47 Å². The molecule has 0 saturated heterocycles. The fourth-order valence-corrected chi connectivity index (χ4v) is 5.98. The molecule has 9 heteroatoms. The Kier molecular flexibility index (Phi) is 13.2. The molecule has 0 radical (unpaired) electrons. The molecule has 254 valence electrons. The second kappa shape index (κ2) is 17.5. The quantitative estimate of drug-likeness (QED) is 0.0470. The number of hydrogen-bond donors (Lipinski definition) is 1. The molecule has 3 amide bonds. The molecule has 1 heterocycles. The molecule has 3 aromatic rings. The summed E-state index contributed by atoms with van der Waals surface area (Å²) in [5, 5.41) is 2.64. The minimum atomic E-state index is -3.00. The van der Waals surface area contributed by atoms with Crippen LogP contribution in [0.2, 0.25) is 0 Å². The lowest BCUT2D eigenvalue weighted by Crippen LogP contribution is -2.69. The highest BCUT2D eigenvalue weighted by Crippen LogP contribution is 2.35. The maximum atomic E-state index is 14.8. The summed E-state index contributed by atoms with van der Waals surface area (Å²) in [4.78, 5) is 72.7. The van der Waals surface area contributed by atoms with Gasteiger partial charge in [0.25, 0.3) is 23.3 Å². The van der Waals surface area contributed by atoms with Crippen LogP contribution in [-0.2, 0) is 19.1 Å². The third-order valence-electron chi connectivity index (χ3n) is 8.85. The van der Waals surface area contributed by atoms with E-state index in [0.29, 0.717) is 24.2 Å². The van der Waals surface area contributed by atoms with Crippen molar-refractivity contribution in [2.24, 2.45) is 0 Å². The predicted molar refractivity (Wildman–Crippen MR) is 184 cm³/mol. The number of unbranched alkanes of at least 4 members (excludes halogenated alkanes) is 6. The normalized spacial score (nSPS) is 14.9. The van der Waals surface area contributed by atoms with Gasteiger partial charge in [0.05, 0.1) is 17.2 Å². The number of esters is 1.